The molecule has 0 unspecified atom stereocenters. The Bertz CT molecular complexity index is 347. The van der Waals surface area contributed by atoms with Crippen molar-refractivity contribution in [2.24, 2.45) is 5.73 Å². The standard InChI is InChI=1S/C16H36N6O4/c1-15(23)21-8-10-25-12-13-26-11-9-22-16(24)14-20-7-6-19-5-4-18-3-2-17/h18-20H,2-14,17H2,1H3,(H,21,23)(H,22,24). The van der Waals surface area contributed by atoms with E-state index in [1.165, 1.54) is 6.92 Å². The lowest BCUT2D eigenvalue weighted by Gasteiger charge is -2.09. The number of nitrogens with two attached hydrogens (primary N) is 1. The van der Waals surface area contributed by atoms with E-state index in [0.29, 0.717) is 52.6 Å². The number of rotatable bonds is 19. The van der Waals surface area contributed by atoms with Gasteiger partial charge in [-0.3, -0.25) is 9.59 Å². The smallest absolute Gasteiger partial charge is 0.234 e. The summed E-state index contributed by atoms with van der Waals surface area (Å²) >= 11 is 0. The van der Waals surface area contributed by atoms with Crippen molar-refractivity contribution < 1.29 is 19.1 Å². The number of hydrogen-bond donors (Lipinski definition) is 6. The normalized spacial score (nSPS) is 10.7. The molecule has 0 radical (unpaired) electrons. The molecule has 10 nitrogen and oxygen atoms in total. The van der Waals surface area contributed by atoms with Crippen molar-refractivity contribution in [1.29, 1.82) is 0 Å². The Labute approximate surface area is 156 Å². The molecule has 0 aromatic rings. The van der Waals surface area contributed by atoms with Crippen LogP contribution in [-0.2, 0) is 19.1 Å². The van der Waals surface area contributed by atoms with Crippen LogP contribution in [0.2, 0.25) is 0 Å². The zero-order chi connectivity index (χ0) is 19.3. The highest BCUT2D eigenvalue weighted by molar-refractivity contribution is 5.77. The van der Waals surface area contributed by atoms with Crippen LogP contribution in [0.4, 0.5) is 0 Å². The Balaban J connectivity index is 3.16. The number of hydrogen-bond acceptors (Lipinski definition) is 8. The molecular weight excluding hydrogens is 340 g/mol. The van der Waals surface area contributed by atoms with E-state index in [0.717, 1.165) is 32.7 Å². The molecule has 0 heterocycles. The average molecular weight is 377 g/mol. The van der Waals surface area contributed by atoms with Gasteiger partial charge >= 0.3 is 0 Å². The Kier molecular flexibility index (Phi) is 19.0. The molecule has 0 rings (SSSR count). The SMILES string of the molecule is CC(=O)NCCOCCOCCNC(=O)CNCCNCCNCCN. The van der Waals surface area contributed by atoms with Gasteiger partial charge in [0.1, 0.15) is 0 Å². The topological polar surface area (TPSA) is 139 Å². The van der Waals surface area contributed by atoms with Crippen LogP contribution in [0.5, 0.6) is 0 Å². The molecule has 7 N–H and O–H groups in total. The fourth-order valence-corrected chi connectivity index (χ4v) is 1.85. The maximum atomic E-state index is 11.6. The molecule has 10 heteroatoms. The lowest BCUT2D eigenvalue weighted by Crippen LogP contribution is -2.39. The lowest BCUT2D eigenvalue weighted by molar-refractivity contribution is -0.121. The predicted molar refractivity (Wildman–Crippen MR) is 101 cm³/mol. The molecule has 0 aromatic carbocycles. The van der Waals surface area contributed by atoms with Crippen LogP contribution in [0.15, 0.2) is 0 Å². The van der Waals surface area contributed by atoms with Gasteiger partial charge in [-0.05, 0) is 0 Å². The highest BCUT2D eigenvalue weighted by Gasteiger charge is 1.99. The number of nitrogens with one attached hydrogen (secondary N) is 5. The van der Waals surface area contributed by atoms with E-state index in [1.807, 2.05) is 0 Å². The molecule has 0 fully saturated rings. The molecule has 0 spiro atoms. The van der Waals surface area contributed by atoms with E-state index in [4.69, 9.17) is 15.2 Å². The second-order valence-electron chi connectivity index (χ2n) is 5.52. The summed E-state index contributed by atoms with van der Waals surface area (Å²) in [5, 5.41) is 14.9. The van der Waals surface area contributed by atoms with Crippen LogP contribution in [0.1, 0.15) is 6.92 Å². The minimum Gasteiger partial charge on any atom is -0.377 e. The number of amides is 2. The van der Waals surface area contributed by atoms with Crippen molar-refractivity contribution in [3.05, 3.63) is 0 Å². The summed E-state index contributed by atoms with van der Waals surface area (Å²) in [6.07, 6.45) is 0. The average Bonchev–Trinajstić information content (AvgIpc) is 2.61. The molecule has 0 saturated heterocycles. The summed E-state index contributed by atoms with van der Waals surface area (Å²) in [6.45, 7) is 9.33. The molecule has 0 aliphatic carbocycles. The van der Waals surface area contributed by atoms with E-state index in [9.17, 15) is 9.59 Å². The molecule has 0 bridgehead atoms. The van der Waals surface area contributed by atoms with Gasteiger partial charge in [-0.25, -0.2) is 0 Å². The van der Waals surface area contributed by atoms with Gasteiger partial charge < -0.3 is 41.8 Å². The van der Waals surface area contributed by atoms with Crippen LogP contribution in [0.3, 0.4) is 0 Å². The van der Waals surface area contributed by atoms with Crippen LogP contribution in [0, 0.1) is 0 Å². The zero-order valence-electron chi connectivity index (χ0n) is 15.9. The third-order valence-electron chi connectivity index (χ3n) is 3.12. The Morgan fingerprint density at radius 1 is 0.731 bits per heavy atom. The Morgan fingerprint density at radius 2 is 1.27 bits per heavy atom. The second kappa shape index (κ2) is 20.0. The van der Waals surface area contributed by atoms with Gasteiger partial charge in [0.2, 0.25) is 11.8 Å². The Hall–Kier alpha value is -1.30. The number of carbonyl (C=O) groups is 2. The minimum absolute atomic E-state index is 0.0511. The van der Waals surface area contributed by atoms with Gasteiger partial charge in [0.05, 0.1) is 33.0 Å². The molecule has 154 valence electrons. The molecule has 0 aliphatic rings. The van der Waals surface area contributed by atoms with Crippen LogP contribution in [-0.4, -0.2) is 97.1 Å². The number of carbonyl (C=O) groups excluding carboxylic acids is 2. The van der Waals surface area contributed by atoms with Gasteiger partial charge in [-0.2, -0.15) is 0 Å². The highest BCUT2D eigenvalue weighted by Crippen LogP contribution is 1.78. The van der Waals surface area contributed by atoms with Crippen molar-refractivity contribution in [3.8, 4) is 0 Å². The first-order valence-electron chi connectivity index (χ1n) is 9.15. The summed E-state index contributed by atoms with van der Waals surface area (Å²) in [4.78, 5) is 22.2. The summed E-state index contributed by atoms with van der Waals surface area (Å²) < 4.78 is 10.6. The molecule has 2 amide bonds. The van der Waals surface area contributed by atoms with Gasteiger partial charge in [0, 0.05) is 59.3 Å². The molecule has 26 heavy (non-hydrogen) atoms. The van der Waals surface area contributed by atoms with Gasteiger partial charge in [0.25, 0.3) is 0 Å². The predicted octanol–water partition coefficient (Wildman–Crippen LogP) is -3.00. The van der Waals surface area contributed by atoms with E-state index < -0.39 is 0 Å². The largest absolute Gasteiger partial charge is 0.377 e. The first-order chi connectivity index (χ1) is 12.7. The molecule has 0 aromatic heterocycles. The van der Waals surface area contributed by atoms with Crippen molar-refractivity contribution in [2.75, 3.05) is 85.3 Å². The lowest BCUT2D eigenvalue weighted by atomic mass is 10.5. The fraction of sp³-hybridized carbons (Fsp3) is 0.875. The quantitative estimate of drug-likeness (QED) is 0.131. The zero-order valence-corrected chi connectivity index (χ0v) is 15.9. The van der Waals surface area contributed by atoms with Crippen LogP contribution in [0.25, 0.3) is 0 Å². The summed E-state index contributed by atoms with van der Waals surface area (Å²) in [6, 6.07) is 0. The van der Waals surface area contributed by atoms with E-state index in [2.05, 4.69) is 26.6 Å². The van der Waals surface area contributed by atoms with Gasteiger partial charge in [0.15, 0.2) is 0 Å². The second-order valence-corrected chi connectivity index (χ2v) is 5.52. The maximum Gasteiger partial charge on any atom is 0.234 e. The van der Waals surface area contributed by atoms with E-state index in [1.54, 1.807) is 0 Å². The van der Waals surface area contributed by atoms with Crippen molar-refractivity contribution in [3.63, 3.8) is 0 Å². The maximum absolute atomic E-state index is 11.6. The fourth-order valence-electron chi connectivity index (χ4n) is 1.85. The molecular formula is C16H36N6O4. The first-order valence-corrected chi connectivity index (χ1v) is 9.15. The van der Waals surface area contributed by atoms with Crippen molar-refractivity contribution in [1.82, 2.24) is 26.6 Å². The van der Waals surface area contributed by atoms with E-state index >= 15 is 0 Å². The highest BCUT2D eigenvalue weighted by atomic mass is 16.5. The summed E-state index contributed by atoms with van der Waals surface area (Å²) in [5.74, 6) is -0.119. The van der Waals surface area contributed by atoms with Gasteiger partial charge in [-0.1, -0.05) is 0 Å². The Morgan fingerprint density at radius 3 is 1.85 bits per heavy atom. The summed E-state index contributed by atoms with van der Waals surface area (Å²) in [5.41, 5.74) is 5.37. The first kappa shape index (κ1) is 24.7. The molecule has 0 saturated carbocycles. The van der Waals surface area contributed by atoms with E-state index in [-0.39, 0.29) is 11.8 Å². The molecule has 0 aliphatic heterocycles. The minimum atomic E-state index is -0.0676. The van der Waals surface area contributed by atoms with Crippen LogP contribution < -0.4 is 32.3 Å². The van der Waals surface area contributed by atoms with Crippen LogP contribution >= 0.6 is 0 Å². The summed E-state index contributed by atoms with van der Waals surface area (Å²) in [7, 11) is 0. The monoisotopic (exact) mass is 376 g/mol. The number of ether oxygens (including phenoxy) is 2. The van der Waals surface area contributed by atoms with Gasteiger partial charge in [-0.15, -0.1) is 0 Å². The third kappa shape index (κ3) is 20.7. The third-order valence-corrected chi connectivity index (χ3v) is 3.12. The van der Waals surface area contributed by atoms with Crippen molar-refractivity contribution >= 4 is 11.8 Å². The van der Waals surface area contributed by atoms with Crippen molar-refractivity contribution in [2.45, 2.75) is 6.92 Å². The molecule has 0 atom stereocenters.